The summed E-state index contributed by atoms with van der Waals surface area (Å²) in [5.41, 5.74) is 0.0315. The van der Waals surface area contributed by atoms with Crippen LogP contribution in [0.5, 0.6) is 0 Å². The Kier molecular flexibility index (Phi) is 5.86. The molecule has 1 atom stereocenters. The fourth-order valence-electron chi connectivity index (χ4n) is 1.43. The zero-order chi connectivity index (χ0) is 9.61. The van der Waals surface area contributed by atoms with Gasteiger partial charge >= 0.3 is 0 Å². The molecule has 2 nitrogen and oxygen atoms in total. The summed E-state index contributed by atoms with van der Waals surface area (Å²) in [5.74, 6) is 0. The molecule has 0 aliphatic heterocycles. The van der Waals surface area contributed by atoms with Crippen molar-refractivity contribution >= 4 is 7.37 Å². The average Bonchev–Trinajstić information content (AvgIpc) is 2.03. The van der Waals surface area contributed by atoms with Crippen LogP contribution >= 0.6 is 7.37 Å². The van der Waals surface area contributed by atoms with Crippen molar-refractivity contribution in [2.45, 2.75) is 52.1 Å². The summed E-state index contributed by atoms with van der Waals surface area (Å²) in [6.07, 6.45) is 4.05. The van der Waals surface area contributed by atoms with Crippen LogP contribution in [0, 0.1) is 0 Å². The van der Waals surface area contributed by atoms with Crippen molar-refractivity contribution in [3.63, 3.8) is 0 Å². The highest BCUT2D eigenvalue weighted by Crippen LogP contribution is 2.49. The van der Waals surface area contributed by atoms with Gasteiger partial charge in [0.05, 0.1) is 0 Å². The molecule has 0 amide bonds. The molecule has 3 heteroatoms. The molecular weight excluding hydrogens is 171 g/mol. The van der Waals surface area contributed by atoms with Gasteiger partial charge in [0.25, 0.3) is 0 Å². The number of unbranched alkanes of at least 4 members (excludes halogenated alkanes) is 1. The van der Waals surface area contributed by atoms with Crippen LogP contribution in [0.3, 0.4) is 0 Å². The van der Waals surface area contributed by atoms with Gasteiger partial charge in [-0.2, -0.15) is 0 Å². The lowest BCUT2D eigenvalue weighted by molar-refractivity contribution is 0.454. The van der Waals surface area contributed by atoms with Crippen molar-refractivity contribution in [1.82, 2.24) is 0 Å². The second-order valence-electron chi connectivity index (χ2n) is 3.30. The SMILES string of the molecule is CCCCP(=O)(O)C(CC)CC. The third kappa shape index (κ3) is 3.73. The molecule has 0 aromatic carbocycles. The summed E-state index contributed by atoms with van der Waals surface area (Å²) in [7, 11) is -2.82. The van der Waals surface area contributed by atoms with Gasteiger partial charge in [0, 0.05) is 11.8 Å². The van der Waals surface area contributed by atoms with E-state index in [4.69, 9.17) is 0 Å². The molecule has 0 saturated carbocycles. The first-order chi connectivity index (χ1) is 5.58. The Morgan fingerprint density at radius 1 is 1.25 bits per heavy atom. The molecule has 1 unspecified atom stereocenters. The topological polar surface area (TPSA) is 37.3 Å². The van der Waals surface area contributed by atoms with E-state index in [1.165, 1.54) is 0 Å². The standard InChI is InChI=1S/C9H21O2P/c1-4-7-8-12(10,11)9(5-2)6-3/h9H,4-8H2,1-3H3,(H,10,11). The predicted molar refractivity (Wildman–Crippen MR) is 54.0 cm³/mol. The molecule has 0 aliphatic carbocycles. The Bertz CT molecular complexity index is 153. The minimum Gasteiger partial charge on any atom is -0.344 e. The maximum absolute atomic E-state index is 11.7. The number of rotatable bonds is 6. The largest absolute Gasteiger partial charge is 0.344 e. The molecule has 1 N–H and O–H groups in total. The van der Waals surface area contributed by atoms with Crippen LogP contribution < -0.4 is 0 Å². The van der Waals surface area contributed by atoms with Crippen LogP contribution in [0.2, 0.25) is 0 Å². The van der Waals surface area contributed by atoms with Gasteiger partial charge in [-0.3, -0.25) is 4.57 Å². The van der Waals surface area contributed by atoms with Crippen LogP contribution in [0.1, 0.15) is 46.5 Å². The highest BCUT2D eigenvalue weighted by molar-refractivity contribution is 7.58. The number of hydrogen-bond donors (Lipinski definition) is 1. The maximum atomic E-state index is 11.7. The first-order valence-electron chi connectivity index (χ1n) is 4.89. The predicted octanol–water partition coefficient (Wildman–Crippen LogP) is 3.25. The van der Waals surface area contributed by atoms with Gasteiger partial charge in [-0.15, -0.1) is 0 Å². The van der Waals surface area contributed by atoms with Crippen molar-refractivity contribution in [3.8, 4) is 0 Å². The molecule has 0 spiro atoms. The van der Waals surface area contributed by atoms with Gasteiger partial charge in [0.2, 0.25) is 7.37 Å². The molecule has 0 saturated heterocycles. The van der Waals surface area contributed by atoms with E-state index in [1.54, 1.807) is 0 Å². The third-order valence-corrected chi connectivity index (χ3v) is 5.17. The van der Waals surface area contributed by atoms with E-state index in [9.17, 15) is 9.46 Å². The van der Waals surface area contributed by atoms with Gasteiger partial charge in [-0.25, -0.2) is 0 Å². The Morgan fingerprint density at radius 2 is 1.75 bits per heavy atom. The summed E-state index contributed by atoms with van der Waals surface area (Å²) >= 11 is 0. The molecule has 74 valence electrons. The quantitative estimate of drug-likeness (QED) is 0.656. The van der Waals surface area contributed by atoms with Crippen LogP contribution in [0.25, 0.3) is 0 Å². The molecule has 12 heavy (non-hydrogen) atoms. The molecule has 0 aliphatic rings. The van der Waals surface area contributed by atoms with Crippen molar-refractivity contribution < 1.29 is 9.46 Å². The Balaban J connectivity index is 4.06. The van der Waals surface area contributed by atoms with Gasteiger partial charge in [0.1, 0.15) is 0 Å². The van der Waals surface area contributed by atoms with Gasteiger partial charge < -0.3 is 4.89 Å². The minimum absolute atomic E-state index is 0.0315. The summed E-state index contributed by atoms with van der Waals surface area (Å²) in [4.78, 5) is 9.66. The molecule has 0 bridgehead atoms. The van der Waals surface area contributed by atoms with Crippen molar-refractivity contribution in [3.05, 3.63) is 0 Å². The Labute approximate surface area is 75.8 Å². The summed E-state index contributed by atoms with van der Waals surface area (Å²) in [6, 6.07) is 0. The van der Waals surface area contributed by atoms with Crippen molar-refractivity contribution in [1.29, 1.82) is 0 Å². The Hall–Kier alpha value is 0.190. The summed E-state index contributed by atoms with van der Waals surface area (Å²) in [5, 5.41) is 0. The van der Waals surface area contributed by atoms with E-state index < -0.39 is 7.37 Å². The van der Waals surface area contributed by atoms with E-state index in [-0.39, 0.29) is 5.66 Å². The van der Waals surface area contributed by atoms with Gasteiger partial charge in [-0.05, 0) is 19.3 Å². The summed E-state index contributed by atoms with van der Waals surface area (Å²) < 4.78 is 11.7. The van der Waals surface area contributed by atoms with Crippen molar-refractivity contribution in [2.75, 3.05) is 6.16 Å². The molecule has 0 radical (unpaired) electrons. The molecule has 0 fully saturated rings. The normalized spacial score (nSPS) is 16.4. The maximum Gasteiger partial charge on any atom is 0.203 e. The highest BCUT2D eigenvalue weighted by atomic mass is 31.2. The van der Waals surface area contributed by atoms with Crippen LogP contribution in [0.15, 0.2) is 0 Å². The smallest absolute Gasteiger partial charge is 0.203 e. The first-order valence-corrected chi connectivity index (χ1v) is 6.81. The Morgan fingerprint density at radius 3 is 2.08 bits per heavy atom. The lowest BCUT2D eigenvalue weighted by Crippen LogP contribution is -2.08. The lowest BCUT2D eigenvalue weighted by atomic mass is 10.3. The van der Waals surface area contributed by atoms with Crippen LogP contribution in [0.4, 0.5) is 0 Å². The monoisotopic (exact) mass is 192 g/mol. The zero-order valence-corrected chi connectivity index (χ0v) is 9.31. The van der Waals surface area contributed by atoms with Crippen LogP contribution in [-0.4, -0.2) is 16.7 Å². The lowest BCUT2D eigenvalue weighted by Gasteiger charge is -2.19. The van der Waals surface area contributed by atoms with E-state index in [2.05, 4.69) is 0 Å². The van der Waals surface area contributed by atoms with E-state index in [0.29, 0.717) is 6.16 Å². The third-order valence-electron chi connectivity index (χ3n) is 2.35. The molecule has 0 heterocycles. The van der Waals surface area contributed by atoms with E-state index in [1.807, 2.05) is 20.8 Å². The van der Waals surface area contributed by atoms with Gasteiger partial charge in [-0.1, -0.05) is 27.2 Å². The van der Waals surface area contributed by atoms with Gasteiger partial charge in [0.15, 0.2) is 0 Å². The molecule has 0 rings (SSSR count). The second kappa shape index (κ2) is 5.77. The molecule has 0 aromatic rings. The van der Waals surface area contributed by atoms with Crippen LogP contribution in [-0.2, 0) is 4.57 Å². The van der Waals surface area contributed by atoms with E-state index in [0.717, 1.165) is 25.7 Å². The zero-order valence-electron chi connectivity index (χ0n) is 8.42. The fraction of sp³-hybridized carbons (Fsp3) is 1.00. The van der Waals surface area contributed by atoms with E-state index >= 15 is 0 Å². The van der Waals surface area contributed by atoms with Crippen molar-refractivity contribution in [2.24, 2.45) is 0 Å². The minimum atomic E-state index is -2.82. The molecule has 0 aromatic heterocycles. The fourth-order valence-corrected chi connectivity index (χ4v) is 3.70. The molecular formula is C9H21O2P. The summed E-state index contributed by atoms with van der Waals surface area (Å²) in [6.45, 7) is 6.03. The number of hydrogen-bond acceptors (Lipinski definition) is 1. The highest BCUT2D eigenvalue weighted by Gasteiger charge is 2.26. The first kappa shape index (κ1) is 12.2. The average molecular weight is 192 g/mol. The second-order valence-corrected chi connectivity index (χ2v) is 5.99.